The van der Waals surface area contributed by atoms with Gasteiger partial charge >= 0.3 is 5.97 Å². The fourth-order valence-electron chi connectivity index (χ4n) is 2.22. The average molecular weight is 369 g/mol. The van der Waals surface area contributed by atoms with Crippen molar-refractivity contribution < 1.29 is 29.3 Å². The van der Waals surface area contributed by atoms with Gasteiger partial charge in [0.2, 0.25) is 0 Å². The van der Waals surface area contributed by atoms with Gasteiger partial charge in [-0.2, -0.15) is 0 Å². The number of rotatable bonds is 6. The van der Waals surface area contributed by atoms with Gasteiger partial charge in [-0.15, -0.1) is 0 Å². The number of aliphatic hydroxyl groups excluding tert-OH is 1. The van der Waals surface area contributed by atoms with Gasteiger partial charge in [0.25, 0.3) is 5.91 Å². The molecule has 1 amide bonds. The first-order valence-corrected chi connectivity index (χ1v) is 8.01. The van der Waals surface area contributed by atoms with E-state index in [2.05, 4.69) is 0 Å². The Hall–Kier alpha value is -2.10. The zero-order chi connectivity index (χ0) is 17.9. The Bertz CT molecular complexity index is 731. The molecule has 0 bridgehead atoms. The molecule has 0 radical (unpaired) electrons. The summed E-state index contributed by atoms with van der Waals surface area (Å²) in [5.74, 6) is -1.22. The number of nitrogens with zero attached hydrogens (tertiary/aromatic N) is 1. The highest BCUT2D eigenvalue weighted by molar-refractivity contribution is 8.26. The fourth-order valence-corrected chi connectivity index (χ4v) is 3.52. The van der Waals surface area contributed by atoms with Crippen molar-refractivity contribution in [3.8, 4) is 11.5 Å². The Balaban J connectivity index is 2.52. The third-order valence-electron chi connectivity index (χ3n) is 3.28. The first-order valence-electron chi connectivity index (χ1n) is 6.79. The van der Waals surface area contributed by atoms with Crippen LogP contribution in [0.1, 0.15) is 15.9 Å². The highest BCUT2D eigenvalue weighted by atomic mass is 32.2. The molecule has 2 rings (SSSR count). The van der Waals surface area contributed by atoms with Gasteiger partial charge in [0, 0.05) is 0 Å². The second-order valence-electron chi connectivity index (χ2n) is 4.63. The van der Waals surface area contributed by atoms with Gasteiger partial charge in [-0.3, -0.25) is 9.69 Å². The van der Waals surface area contributed by atoms with Crippen LogP contribution in [0.15, 0.2) is 17.0 Å². The maximum Gasteiger partial charge on any atom is 0.340 e. The second-order valence-corrected chi connectivity index (χ2v) is 6.30. The van der Waals surface area contributed by atoms with E-state index >= 15 is 0 Å². The third-order valence-corrected chi connectivity index (χ3v) is 4.65. The molecule has 0 atom stereocenters. The van der Waals surface area contributed by atoms with E-state index in [-0.39, 0.29) is 41.0 Å². The molecule has 7 nitrogen and oxygen atoms in total. The fraction of sp³-hybridized carbons (Fsp3) is 0.267. The lowest BCUT2D eigenvalue weighted by atomic mass is 10.0. The number of carboxylic acid groups (broad SMARTS) is 1. The van der Waals surface area contributed by atoms with Crippen LogP contribution >= 0.6 is 24.0 Å². The van der Waals surface area contributed by atoms with Crippen molar-refractivity contribution >= 4 is 46.3 Å². The maximum atomic E-state index is 12.3. The number of hydrogen-bond donors (Lipinski definition) is 2. The molecule has 24 heavy (non-hydrogen) atoms. The number of methoxy groups -OCH3 is 2. The number of carbonyl (C=O) groups is 2. The van der Waals surface area contributed by atoms with Gasteiger partial charge in [0.05, 0.1) is 32.3 Å². The molecule has 1 aromatic carbocycles. The van der Waals surface area contributed by atoms with Crippen molar-refractivity contribution in [2.45, 2.75) is 0 Å². The van der Waals surface area contributed by atoms with Crippen LogP contribution < -0.4 is 9.47 Å². The molecule has 0 saturated carbocycles. The van der Waals surface area contributed by atoms with Crippen molar-refractivity contribution in [2.24, 2.45) is 0 Å². The zero-order valence-electron chi connectivity index (χ0n) is 12.9. The molecule has 1 heterocycles. The molecular formula is C15H15NO6S2. The molecule has 2 N–H and O–H groups in total. The van der Waals surface area contributed by atoms with Gasteiger partial charge in [0.15, 0.2) is 11.5 Å². The summed E-state index contributed by atoms with van der Waals surface area (Å²) in [6.45, 7) is -0.115. The number of thiocarbonyl (C=S) groups is 1. The summed E-state index contributed by atoms with van der Waals surface area (Å²) in [5, 5.41) is 18.5. The van der Waals surface area contributed by atoms with Crippen LogP contribution in [0.4, 0.5) is 0 Å². The smallest absolute Gasteiger partial charge is 0.340 e. The number of aromatic carboxylic acids is 1. The van der Waals surface area contributed by atoms with E-state index in [1.165, 1.54) is 31.3 Å². The topological polar surface area (TPSA) is 96.3 Å². The lowest BCUT2D eigenvalue weighted by molar-refractivity contribution is -0.122. The lowest BCUT2D eigenvalue weighted by Crippen LogP contribution is -2.30. The lowest BCUT2D eigenvalue weighted by Gasteiger charge is -2.13. The van der Waals surface area contributed by atoms with Crippen LogP contribution in [-0.2, 0) is 4.79 Å². The molecule has 0 aliphatic carbocycles. The van der Waals surface area contributed by atoms with Crippen molar-refractivity contribution in [3.05, 3.63) is 28.2 Å². The number of carboxylic acids is 1. The summed E-state index contributed by atoms with van der Waals surface area (Å²) in [6.07, 6.45) is 1.45. The number of carbonyl (C=O) groups excluding carboxylic acids is 1. The number of aliphatic hydroxyl groups is 1. The van der Waals surface area contributed by atoms with Crippen LogP contribution in [0, 0.1) is 0 Å². The van der Waals surface area contributed by atoms with Gasteiger partial charge < -0.3 is 19.7 Å². The summed E-state index contributed by atoms with van der Waals surface area (Å²) in [6, 6.07) is 3.09. The molecule has 1 aliphatic rings. The SMILES string of the molecule is COc1ccc(/C=C2\SC(=S)N(CCO)C2=O)c(C(=O)O)c1OC. The molecule has 128 valence electrons. The summed E-state index contributed by atoms with van der Waals surface area (Å²) < 4.78 is 10.6. The number of ether oxygens (including phenoxy) is 2. The first-order chi connectivity index (χ1) is 11.4. The number of amides is 1. The van der Waals surface area contributed by atoms with Crippen LogP contribution in [-0.4, -0.2) is 58.7 Å². The number of thioether (sulfide) groups is 1. The highest BCUT2D eigenvalue weighted by Crippen LogP contribution is 2.37. The largest absolute Gasteiger partial charge is 0.493 e. The average Bonchev–Trinajstić information content (AvgIpc) is 2.81. The van der Waals surface area contributed by atoms with E-state index in [0.29, 0.717) is 9.88 Å². The maximum absolute atomic E-state index is 12.3. The van der Waals surface area contributed by atoms with Gasteiger partial charge in [-0.05, 0) is 17.7 Å². The number of β-amino-alcohol motifs (C(OH)–C–C–N with tert-alkyl or cyclic N) is 1. The summed E-state index contributed by atoms with van der Waals surface area (Å²) in [7, 11) is 2.75. The molecule has 0 spiro atoms. The first kappa shape index (κ1) is 18.2. The number of hydrogen-bond acceptors (Lipinski definition) is 7. The summed E-state index contributed by atoms with van der Waals surface area (Å²) in [4.78, 5) is 25.5. The molecule has 1 aliphatic heterocycles. The molecule has 1 fully saturated rings. The van der Waals surface area contributed by atoms with E-state index in [0.717, 1.165) is 11.8 Å². The van der Waals surface area contributed by atoms with E-state index in [1.54, 1.807) is 6.07 Å². The van der Waals surface area contributed by atoms with Crippen LogP contribution in [0.5, 0.6) is 11.5 Å². The van der Waals surface area contributed by atoms with E-state index in [1.807, 2.05) is 0 Å². The van der Waals surface area contributed by atoms with Crippen molar-refractivity contribution in [2.75, 3.05) is 27.4 Å². The Labute approximate surface area is 147 Å². The third kappa shape index (κ3) is 3.37. The second kappa shape index (κ2) is 7.65. The molecule has 1 aromatic rings. The number of benzene rings is 1. The normalized spacial score (nSPS) is 16.0. The molecular weight excluding hydrogens is 354 g/mol. The monoisotopic (exact) mass is 369 g/mol. The minimum atomic E-state index is -1.21. The molecule has 0 unspecified atom stereocenters. The van der Waals surface area contributed by atoms with Crippen LogP contribution in [0.3, 0.4) is 0 Å². The van der Waals surface area contributed by atoms with E-state index in [4.69, 9.17) is 26.8 Å². The summed E-state index contributed by atoms with van der Waals surface area (Å²) >= 11 is 6.16. The molecule has 1 saturated heterocycles. The highest BCUT2D eigenvalue weighted by Gasteiger charge is 2.32. The quantitative estimate of drug-likeness (QED) is 0.577. The van der Waals surface area contributed by atoms with Gasteiger partial charge in [0.1, 0.15) is 9.88 Å². The predicted octanol–water partition coefficient (Wildman–Crippen LogP) is 1.60. The Morgan fingerprint density at radius 2 is 2.08 bits per heavy atom. The van der Waals surface area contributed by atoms with Crippen molar-refractivity contribution in [3.63, 3.8) is 0 Å². The van der Waals surface area contributed by atoms with Crippen molar-refractivity contribution in [1.82, 2.24) is 4.90 Å². The van der Waals surface area contributed by atoms with Crippen LogP contribution in [0.25, 0.3) is 6.08 Å². The Kier molecular flexibility index (Phi) is 5.81. The minimum absolute atomic E-state index is 0.0737. The minimum Gasteiger partial charge on any atom is -0.493 e. The van der Waals surface area contributed by atoms with E-state index in [9.17, 15) is 14.7 Å². The predicted molar refractivity (Wildman–Crippen MR) is 93.5 cm³/mol. The summed E-state index contributed by atoms with van der Waals surface area (Å²) in [5.41, 5.74) is 0.189. The standard InChI is InChI=1S/C15H15NO6S2/c1-21-9-4-3-8(11(14(19)20)12(9)22-2)7-10-13(18)16(5-6-17)15(23)24-10/h3-4,7,17H,5-6H2,1-2H3,(H,19,20)/b10-7-. The Morgan fingerprint density at radius 3 is 2.62 bits per heavy atom. The zero-order valence-corrected chi connectivity index (χ0v) is 14.6. The van der Waals surface area contributed by atoms with Gasteiger partial charge in [-0.25, -0.2) is 4.79 Å². The molecule has 0 aromatic heterocycles. The van der Waals surface area contributed by atoms with Crippen molar-refractivity contribution in [1.29, 1.82) is 0 Å². The van der Waals surface area contributed by atoms with Gasteiger partial charge in [-0.1, -0.05) is 30.0 Å². The van der Waals surface area contributed by atoms with Crippen LogP contribution in [0.2, 0.25) is 0 Å². The van der Waals surface area contributed by atoms with E-state index < -0.39 is 5.97 Å². The Morgan fingerprint density at radius 1 is 1.38 bits per heavy atom. The molecule has 9 heteroatoms.